The van der Waals surface area contributed by atoms with Crippen LogP contribution in [0.1, 0.15) is 25.9 Å². The average Bonchev–Trinajstić information content (AvgIpc) is 2.90. The summed E-state index contributed by atoms with van der Waals surface area (Å²) in [6.07, 6.45) is 0. The molecule has 0 radical (unpaired) electrons. The van der Waals surface area contributed by atoms with Crippen molar-refractivity contribution >= 4 is 34.8 Å². The van der Waals surface area contributed by atoms with Crippen LogP contribution in [0, 0.1) is 0 Å². The number of benzene rings is 1. The van der Waals surface area contributed by atoms with Gasteiger partial charge in [0.05, 0.1) is 0 Å². The molecule has 20 heavy (non-hydrogen) atoms. The van der Waals surface area contributed by atoms with Gasteiger partial charge in [0.25, 0.3) is 5.91 Å². The number of hydrogen-bond acceptors (Lipinski definition) is 4. The summed E-state index contributed by atoms with van der Waals surface area (Å²) in [5.74, 6) is -1.48. The van der Waals surface area contributed by atoms with Gasteiger partial charge in [0.2, 0.25) is 0 Å². The first kappa shape index (κ1) is 14.5. The lowest BCUT2D eigenvalue weighted by molar-refractivity contribution is 0.0691. The van der Waals surface area contributed by atoms with Crippen molar-refractivity contribution in [2.45, 2.75) is 6.54 Å². The van der Waals surface area contributed by atoms with Crippen LogP contribution in [0.2, 0.25) is 5.02 Å². The predicted octanol–water partition coefficient (Wildman–Crippen LogP) is 2.77. The normalized spacial score (nSPS) is 10.3. The number of amides is 1. The average molecular weight is 311 g/mol. The number of carboxylic acids is 1. The fourth-order valence-electron chi connectivity index (χ4n) is 1.59. The van der Waals surface area contributed by atoms with Crippen LogP contribution in [-0.4, -0.2) is 33.9 Å². The van der Waals surface area contributed by atoms with Gasteiger partial charge in [-0.05, 0) is 11.6 Å². The van der Waals surface area contributed by atoms with Crippen molar-refractivity contribution in [1.29, 1.82) is 0 Å². The molecule has 1 aromatic heterocycles. The molecule has 0 unspecified atom stereocenters. The first-order chi connectivity index (χ1) is 9.49. The van der Waals surface area contributed by atoms with Crippen molar-refractivity contribution in [2.24, 2.45) is 0 Å². The molecule has 0 bridgehead atoms. The first-order valence-electron chi connectivity index (χ1n) is 5.66. The van der Waals surface area contributed by atoms with E-state index in [4.69, 9.17) is 16.7 Å². The maximum atomic E-state index is 12.1. The molecule has 0 saturated heterocycles. The van der Waals surface area contributed by atoms with E-state index in [0.29, 0.717) is 11.6 Å². The summed E-state index contributed by atoms with van der Waals surface area (Å²) >= 11 is 7.05. The fraction of sp³-hybridized carbons (Fsp3) is 0.154. The van der Waals surface area contributed by atoms with Gasteiger partial charge in [0, 0.05) is 24.0 Å². The summed E-state index contributed by atoms with van der Waals surface area (Å²) in [5.41, 5.74) is 0.699. The smallest absolute Gasteiger partial charge is 0.355 e. The summed E-state index contributed by atoms with van der Waals surface area (Å²) in [6.45, 7) is 0.334. The molecule has 0 fully saturated rings. The maximum absolute atomic E-state index is 12.1. The Morgan fingerprint density at radius 1 is 1.40 bits per heavy atom. The summed E-state index contributed by atoms with van der Waals surface area (Å²) < 4.78 is 0. The fourth-order valence-corrected chi connectivity index (χ4v) is 2.57. The van der Waals surface area contributed by atoms with Crippen molar-refractivity contribution in [1.82, 2.24) is 9.88 Å². The standard InChI is InChI=1S/C13H11ClN2O3S/c1-16(6-8-4-2-3-5-9(8)14)12(17)11-15-10(7-20-11)13(18)19/h2-5,7H,6H2,1H3,(H,18,19). The van der Waals surface area contributed by atoms with E-state index in [9.17, 15) is 9.59 Å². The third kappa shape index (κ3) is 3.15. The molecular formula is C13H11ClN2O3S. The number of rotatable bonds is 4. The minimum absolute atomic E-state index is 0.121. The lowest BCUT2D eigenvalue weighted by atomic mass is 10.2. The van der Waals surface area contributed by atoms with Gasteiger partial charge in [0.15, 0.2) is 10.7 Å². The highest BCUT2D eigenvalue weighted by Gasteiger charge is 2.18. The SMILES string of the molecule is CN(Cc1ccccc1Cl)C(=O)c1nc(C(=O)O)cs1. The quantitative estimate of drug-likeness (QED) is 0.942. The van der Waals surface area contributed by atoms with Crippen molar-refractivity contribution in [2.75, 3.05) is 7.05 Å². The van der Waals surface area contributed by atoms with Gasteiger partial charge in [0.1, 0.15) is 0 Å². The van der Waals surface area contributed by atoms with Crippen molar-refractivity contribution < 1.29 is 14.7 Å². The van der Waals surface area contributed by atoms with E-state index in [0.717, 1.165) is 16.9 Å². The Labute approximate surface area is 124 Å². The lowest BCUT2D eigenvalue weighted by Crippen LogP contribution is -2.26. The van der Waals surface area contributed by atoms with Crippen molar-refractivity contribution in [3.63, 3.8) is 0 Å². The minimum Gasteiger partial charge on any atom is -0.476 e. The molecule has 1 heterocycles. The van der Waals surface area contributed by atoms with Crippen LogP contribution >= 0.6 is 22.9 Å². The van der Waals surface area contributed by atoms with Crippen LogP contribution in [-0.2, 0) is 6.54 Å². The van der Waals surface area contributed by atoms with Gasteiger partial charge in [-0.1, -0.05) is 29.8 Å². The second kappa shape index (κ2) is 6.02. The molecule has 0 saturated carbocycles. The van der Waals surface area contributed by atoms with E-state index in [-0.39, 0.29) is 16.6 Å². The van der Waals surface area contributed by atoms with Crippen LogP contribution in [0.3, 0.4) is 0 Å². The lowest BCUT2D eigenvalue weighted by Gasteiger charge is -2.16. The van der Waals surface area contributed by atoms with Crippen molar-refractivity contribution in [3.05, 3.63) is 50.9 Å². The Morgan fingerprint density at radius 3 is 2.70 bits per heavy atom. The highest BCUT2D eigenvalue weighted by molar-refractivity contribution is 7.11. The van der Waals surface area contributed by atoms with Crippen LogP contribution < -0.4 is 0 Å². The highest BCUT2D eigenvalue weighted by Crippen LogP contribution is 2.18. The van der Waals surface area contributed by atoms with Gasteiger partial charge in [-0.25, -0.2) is 9.78 Å². The highest BCUT2D eigenvalue weighted by atomic mass is 35.5. The Balaban J connectivity index is 2.12. The number of carbonyl (C=O) groups excluding carboxylic acids is 1. The molecule has 0 aliphatic rings. The molecule has 2 rings (SSSR count). The first-order valence-corrected chi connectivity index (χ1v) is 6.92. The largest absolute Gasteiger partial charge is 0.476 e. The topological polar surface area (TPSA) is 70.5 Å². The zero-order valence-corrected chi connectivity index (χ0v) is 12.1. The number of carboxylic acid groups (broad SMARTS) is 1. The van der Waals surface area contributed by atoms with Gasteiger partial charge in [-0.2, -0.15) is 0 Å². The molecule has 104 valence electrons. The molecule has 1 N–H and O–H groups in total. The summed E-state index contributed by atoms with van der Waals surface area (Å²) in [5, 5.41) is 10.9. The van der Waals surface area contributed by atoms with Crippen LogP contribution in [0.15, 0.2) is 29.6 Å². The summed E-state index contributed by atoms with van der Waals surface area (Å²) in [7, 11) is 1.62. The van der Waals surface area contributed by atoms with Gasteiger partial charge < -0.3 is 10.0 Å². The third-order valence-electron chi connectivity index (χ3n) is 2.62. The summed E-state index contributed by atoms with van der Waals surface area (Å²) in [4.78, 5) is 28.1. The molecular weight excluding hydrogens is 300 g/mol. The molecule has 0 aliphatic carbocycles. The maximum Gasteiger partial charge on any atom is 0.355 e. The zero-order valence-electron chi connectivity index (χ0n) is 10.5. The van der Waals surface area contributed by atoms with E-state index < -0.39 is 5.97 Å². The number of aromatic carboxylic acids is 1. The molecule has 5 nitrogen and oxygen atoms in total. The van der Waals surface area contributed by atoms with Gasteiger partial charge in [-0.3, -0.25) is 4.79 Å². The monoisotopic (exact) mass is 310 g/mol. The van der Waals surface area contributed by atoms with E-state index >= 15 is 0 Å². The number of aromatic nitrogens is 1. The predicted molar refractivity (Wildman–Crippen MR) is 76.3 cm³/mol. The second-order valence-corrected chi connectivity index (χ2v) is 5.36. The Morgan fingerprint density at radius 2 is 2.10 bits per heavy atom. The van der Waals surface area contributed by atoms with Gasteiger partial charge >= 0.3 is 5.97 Å². The second-order valence-electron chi connectivity index (χ2n) is 4.10. The van der Waals surface area contributed by atoms with E-state index in [1.165, 1.54) is 10.3 Å². The van der Waals surface area contributed by atoms with Crippen LogP contribution in [0.4, 0.5) is 0 Å². The summed E-state index contributed by atoms with van der Waals surface area (Å²) in [6, 6.07) is 7.23. The van der Waals surface area contributed by atoms with E-state index in [2.05, 4.69) is 4.98 Å². The van der Waals surface area contributed by atoms with Crippen LogP contribution in [0.5, 0.6) is 0 Å². The Kier molecular flexibility index (Phi) is 4.36. The van der Waals surface area contributed by atoms with E-state index in [1.54, 1.807) is 13.1 Å². The Hall–Kier alpha value is -1.92. The number of carbonyl (C=O) groups is 2. The molecule has 0 atom stereocenters. The van der Waals surface area contributed by atoms with Gasteiger partial charge in [-0.15, -0.1) is 11.3 Å². The van der Waals surface area contributed by atoms with E-state index in [1.807, 2.05) is 18.2 Å². The molecule has 0 aliphatic heterocycles. The number of halogens is 1. The number of nitrogens with zero attached hydrogens (tertiary/aromatic N) is 2. The third-order valence-corrected chi connectivity index (χ3v) is 3.82. The number of thiazole rings is 1. The molecule has 0 spiro atoms. The minimum atomic E-state index is -1.14. The molecule has 1 aromatic carbocycles. The molecule has 2 aromatic rings. The zero-order chi connectivity index (χ0) is 14.7. The van der Waals surface area contributed by atoms with Crippen LogP contribution in [0.25, 0.3) is 0 Å². The Bertz CT molecular complexity index is 657. The molecule has 1 amide bonds. The molecule has 7 heteroatoms. The van der Waals surface area contributed by atoms with Crippen molar-refractivity contribution in [3.8, 4) is 0 Å². The number of hydrogen-bond donors (Lipinski definition) is 1.